The van der Waals surface area contributed by atoms with Crippen molar-refractivity contribution in [3.8, 4) is 5.75 Å². The van der Waals surface area contributed by atoms with Crippen LogP contribution in [0.3, 0.4) is 0 Å². The van der Waals surface area contributed by atoms with E-state index in [-0.39, 0.29) is 5.78 Å². The average Bonchev–Trinajstić information content (AvgIpc) is 2.44. The Labute approximate surface area is 122 Å². The number of ketones is 1. The predicted molar refractivity (Wildman–Crippen MR) is 84.1 cm³/mol. The first-order valence-corrected chi connectivity index (χ1v) is 7.20. The van der Waals surface area contributed by atoms with E-state index < -0.39 is 0 Å². The molecular weight excluding hydrogens is 250 g/mol. The molecule has 1 aromatic rings. The first-order valence-electron chi connectivity index (χ1n) is 7.20. The van der Waals surface area contributed by atoms with Crippen molar-refractivity contribution in [2.24, 2.45) is 0 Å². The maximum atomic E-state index is 11.6. The molecule has 1 rings (SSSR count). The van der Waals surface area contributed by atoms with E-state index in [1.54, 1.807) is 6.08 Å². The molecule has 0 radical (unpaired) electrons. The molecule has 0 aliphatic carbocycles. The van der Waals surface area contributed by atoms with E-state index in [1.807, 2.05) is 49.3 Å². The van der Waals surface area contributed by atoms with Crippen molar-refractivity contribution in [1.29, 1.82) is 0 Å². The zero-order valence-corrected chi connectivity index (χ0v) is 12.8. The van der Waals surface area contributed by atoms with Gasteiger partial charge in [0.05, 0.1) is 6.61 Å². The van der Waals surface area contributed by atoms with Gasteiger partial charge in [0.15, 0.2) is 5.78 Å². The standard InChI is InChI=1S/C17H25NO2/c1-4-5-14-20-17-10-7-15(8-11-17)6-9-16(19)12-13-18(2)3/h6-11H,4-5,12-14H2,1-3H3. The molecule has 0 amide bonds. The Balaban J connectivity index is 2.42. The van der Waals surface area contributed by atoms with Crippen molar-refractivity contribution in [2.45, 2.75) is 26.2 Å². The van der Waals surface area contributed by atoms with Crippen LogP contribution in [0.2, 0.25) is 0 Å². The van der Waals surface area contributed by atoms with E-state index in [0.29, 0.717) is 6.42 Å². The third-order valence-corrected chi connectivity index (χ3v) is 2.91. The number of allylic oxidation sites excluding steroid dienone is 1. The molecule has 3 nitrogen and oxygen atoms in total. The highest BCUT2D eigenvalue weighted by atomic mass is 16.5. The molecular formula is C17H25NO2. The first kappa shape index (κ1) is 16.4. The van der Waals surface area contributed by atoms with Gasteiger partial charge in [0.25, 0.3) is 0 Å². The number of carbonyl (C=O) groups is 1. The third-order valence-electron chi connectivity index (χ3n) is 2.91. The Morgan fingerprint density at radius 1 is 1.25 bits per heavy atom. The van der Waals surface area contributed by atoms with Crippen LogP contribution < -0.4 is 4.74 Å². The SMILES string of the molecule is CCCCOc1ccc(C=CC(=O)CCN(C)C)cc1. The lowest BCUT2D eigenvalue weighted by molar-refractivity contribution is -0.114. The zero-order chi connectivity index (χ0) is 14.8. The quantitative estimate of drug-likeness (QED) is 0.511. The van der Waals surface area contributed by atoms with E-state index in [0.717, 1.165) is 37.3 Å². The average molecular weight is 275 g/mol. The fraction of sp³-hybridized carbons (Fsp3) is 0.471. The van der Waals surface area contributed by atoms with E-state index >= 15 is 0 Å². The van der Waals surface area contributed by atoms with Crippen molar-refractivity contribution >= 4 is 11.9 Å². The number of rotatable bonds is 9. The number of carbonyl (C=O) groups excluding carboxylic acids is 1. The molecule has 0 saturated heterocycles. The Morgan fingerprint density at radius 3 is 2.55 bits per heavy atom. The van der Waals surface area contributed by atoms with Crippen molar-refractivity contribution in [3.63, 3.8) is 0 Å². The fourth-order valence-electron chi connectivity index (χ4n) is 1.62. The van der Waals surface area contributed by atoms with Gasteiger partial charge in [0.2, 0.25) is 0 Å². The Morgan fingerprint density at radius 2 is 1.95 bits per heavy atom. The van der Waals surface area contributed by atoms with Crippen LogP contribution in [0.4, 0.5) is 0 Å². The van der Waals surface area contributed by atoms with Crippen molar-refractivity contribution in [3.05, 3.63) is 35.9 Å². The molecule has 0 heterocycles. The van der Waals surface area contributed by atoms with Gasteiger partial charge in [-0.15, -0.1) is 0 Å². The van der Waals surface area contributed by atoms with Gasteiger partial charge in [-0.3, -0.25) is 4.79 Å². The zero-order valence-electron chi connectivity index (χ0n) is 12.8. The summed E-state index contributed by atoms with van der Waals surface area (Å²) >= 11 is 0. The summed E-state index contributed by atoms with van der Waals surface area (Å²) in [5, 5.41) is 0. The monoisotopic (exact) mass is 275 g/mol. The number of ether oxygens (including phenoxy) is 1. The molecule has 3 heteroatoms. The summed E-state index contributed by atoms with van der Waals surface area (Å²) in [6.07, 6.45) is 6.27. The second kappa shape index (κ2) is 9.32. The lowest BCUT2D eigenvalue weighted by atomic mass is 10.1. The molecule has 110 valence electrons. The molecule has 0 aliphatic rings. The number of hydrogen-bond acceptors (Lipinski definition) is 3. The summed E-state index contributed by atoms with van der Waals surface area (Å²) in [7, 11) is 3.93. The summed E-state index contributed by atoms with van der Waals surface area (Å²) in [5.74, 6) is 1.04. The van der Waals surface area contributed by atoms with Crippen molar-refractivity contribution in [1.82, 2.24) is 4.90 Å². The highest BCUT2D eigenvalue weighted by Crippen LogP contribution is 2.13. The third kappa shape index (κ3) is 7.10. The number of nitrogens with zero attached hydrogens (tertiary/aromatic N) is 1. The highest BCUT2D eigenvalue weighted by Gasteiger charge is 1.98. The number of unbranched alkanes of at least 4 members (excludes halogenated alkanes) is 1. The lowest BCUT2D eigenvalue weighted by Crippen LogP contribution is -2.15. The molecule has 0 unspecified atom stereocenters. The summed E-state index contributed by atoms with van der Waals surface area (Å²) in [4.78, 5) is 13.6. The normalized spacial score (nSPS) is 11.2. The van der Waals surface area contributed by atoms with Crippen molar-refractivity contribution < 1.29 is 9.53 Å². The Hall–Kier alpha value is -1.61. The molecule has 0 N–H and O–H groups in total. The summed E-state index contributed by atoms with van der Waals surface area (Å²) in [6.45, 7) is 3.69. The van der Waals surface area contributed by atoms with Gasteiger partial charge in [0, 0.05) is 13.0 Å². The summed E-state index contributed by atoms with van der Waals surface area (Å²) in [5.41, 5.74) is 1.02. The second-order valence-electron chi connectivity index (χ2n) is 5.12. The van der Waals surface area contributed by atoms with Gasteiger partial charge in [-0.25, -0.2) is 0 Å². The van der Waals surface area contributed by atoms with Crippen LogP contribution in [0.1, 0.15) is 31.7 Å². The molecule has 0 bridgehead atoms. The van der Waals surface area contributed by atoms with Gasteiger partial charge >= 0.3 is 0 Å². The molecule has 0 aromatic heterocycles. The van der Waals surface area contributed by atoms with Crippen LogP contribution in [0.15, 0.2) is 30.3 Å². The van der Waals surface area contributed by atoms with Crippen LogP contribution in [-0.4, -0.2) is 37.9 Å². The van der Waals surface area contributed by atoms with Crippen LogP contribution in [0.25, 0.3) is 6.08 Å². The largest absolute Gasteiger partial charge is 0.494 e. The molecule has 0 spiro atoms. The van der Waals surface area contributed by atoms with Gasteiger partial charge < -0.3 is 9.64 Å². The Bertz CT molecular complexity index is 421. The first-order chi connectivity index (χ1) is 9.61. The van der Waals surface area contributed by atoms with Gasteiger partial charge in [-0.2, -0.15) is 0 Å². The smallest absolute Gasteiger partial charge is 0.156 e. The predicted octanol–water partition coefficient (Wildman–Crippen LogP) is 3.40. The second-order valence-corrected chi connectivity index (χ2v) is 5.12. The lowest BCUT2D eigenvalue weighted by Gasteiger charge is -2.06. The van der Waals surface area contributed by atoms with E-state index in [9.17, 15) is 4.79 Å². The van der Waals surface area contributed by atoms with Gasteiger partial charge in [0.1, 0.15) is 5.75 Å². The topological polar surface area (TPSA) is 29.5 Å². The molecule has 1 aromatic carbocycles. The van der Waals surface area contributed by atoms with Crippen LogP contribution in [-0.2, 0) is 4.79 Å². The van der Waals surface area contributed by atoms with Crippen LogP contribution >= 0.6 is 0 Å². The molecule has 0 saturated carbocycles. The maximum Gasteiger partial charge on any atom is 0.156 e. The molecule has 0 atom stereocenters. The minimum Gasteiger partial charge on any atom is -0.494 e. The van der Waals surface area contributed by atoms with E-state index in [1.165, 1.54) is 0 Å². The summed E-state index contributed by atoms with van der Waals surface area (Å²) < 4.78 is 5.60. The van der Waals surface area contributed by atoms with Crippen LogP contribution in [0.5, 0.6) is 5.75 Å². The van der Waals surface area contributed by atoms with Gasteiger partial charge in [-0.05, 0) is 44.3 Å². The Kier molecular flexibility index (Phi) is 7.66. The number of hydrogen-bond donors (Lipinski definition) is 0. The minimum atomic E-state index is 0.155. The summed E-state index contributed by atoms with van der Waals surface area (Å²) in [6, 6.07) is 7.83. The van der Waals surface area contributed by atoms with E-state index in [2.05, 4.69) is 6.92 Å². The maximum absolute atomic E-state index is 11.6. The fourth-order valence-corrected chi connectivity index (χ4v) is 1.62. The molecule has 0 fully saturated rings. The molecule has 0 aliphatic heterocycles. The number of benzene rings is 1. The van der Waals surface area contributed by atoms with Crippen molar-refractivity contribution in [2.75, 3.05) is 27.2 Å². The molecule has 20 heavy (non-hydrogen) atoms. The minimum absolute atomic E-state index is 0.155. The van der Waals surface area contributed by atoms with Crippen LogP contribution in [0, 0.1) is 0 Å². The highest BCUT2D eigenvalue weighted by molar-refractivity contribution is 5.93. The van der Waals surface area contributed by atoms with Gasteiger partial charge in [-0.1, -0.05) is 31.6 Å². The van der Waals surface area contributed by atoms with E-state index in [4.69, 9.17) is 4.74 Å².